The molecule has 0 atom stereocenters. The SMILES string of the molecule is O=C1C=C2CCCC=C2N1CCc1ccc2c(c1)OCO2. The minimum Gasteiger partial charge on any atom is -0.454 e. The van der Waals surface area contributed by atoms with Crippen molar-refractivity contribution in [2.45, 2.75) is 25.7 Å². The first kappa shape index (κ1) is 12.5. The summed E-state index contributed by atoms with van der Waals surface area (Å²) in [5.41, 5.74) is 3.50. The van der Waals surface area contributed by atoms with Gasteiger partial charge in [-0.15, -0.1) is 0 Å². The zero-order chi connectivity index (χ0) is 14.2. The highest BCUT2D eigenvalue weighted by molar-refractivity contribution is 5.95. The van der Waals surface area contributed by atoms with E-state index in [4.69, 9.17) is 9.47 Å². The molecule has 0 aromatic heterocycles. The maximum absolute atomic E-state index is 12.1. The van der Waals surface area contributed by atoms with E-state index >= 15 is 0 Å². The number of carbonyl (C=O) groups is 1. The van der Waals surface area contributed by atoms with Crippen LogP contribution in [-0.4, -0.2) is 24.1 Å². The zero-order valence-corrected chi connectivity index (χ0v) is 11.8. The molecule has 4 rings (SSSR count). The van der Waals surface area contributed by atoms with Crippen molar-refractivity contribution >= 4 is 5.91 Å². The van der Waals surface area contributed by atoms with Crippen molar-refractivity contribution in [1.29, 1.82) is 0 Å². The van der Waals surface area contributed by atoms with Gasteiger partial charge in [-0.25, -0.2) is 0 Å². The summed E-state index contributed by atoms with van der Waals surface area (Å²) in [6.07, 6.45) is 8.06. The normalized spacial score (nSPS) is 19.4. The monoisotopic (exact) mass is 283 g/mol. The largest absolute Gasteiger partial charge is 0.454 e. The minimum absolute atomic E-state index is 0.124. The number of fused-ring (bicyclic) bond motifs is 2. The van der Waals surface area contributed by atoms with Crippen molar-refractivity contribution in [1.82, 2.24) is 4.90 Å². The van der Waals surface area contributed by atoms with Crippen LogP contribution in [0.5, 0.6) is 11.5 Å². The van der Waals surface area contributed by atoms with E-state index in [1.54, 1.807) is 6.08 Å². The second-order valence-corrected chi connectivity index (χ2v) is 5.58. The van der Waals surface area contributed by atoms with Crippen molar-refractivity contribution in [2.75, 3.05) is 13.3 Å². The van der Waals surface area contributed by atoms with Gasteiger partial charge in [-0.3, -0.25) is 4.79 Å². The molecule has 21 heavy (non-hydrogen) atoms. The second kappa shape index (κ2) is 4.95. The van der Waals surface area contributed by atoms with E-state index in [1.165, 1.54) is 5.57 Å². The molecule has 0 saturated heterocycles. The predicted molar refractivity (Wildman–Crippen MR) is 78.0 cm³/mol. The first-order valence-electron chi connectivity index (χ1n) is 7.42. The van der Waals surface area contributed by atoms with Gasteiger partial charge >= 0.3 is 0 Å². The average Bonchev–Trinajstić information content (AvgIpc) is 3.08. The lowest BCUT2D eigenvalue weighted by atomic mass is 10.00. The lowest BCUT2D eigenvalue weighted by molar-refractivity contribution is -0.123. The molecule has 1 aliphatic carbocycles. The first-order valence-corrected chi connectivity index (χ1v) is 7.42. The maximum Gasteiger partial charge on any atom is 0.251 e. The van der Waals surface area contributed by atoms with Crippen molar-refractivity contribution in [2.24, 2.45) is 0 Å². The van der Waals surface area contributed by atoms with Gasteiger partial charge < -0.3 is 14.4 Å². The van der Waals surface area contributed by atoms with E-state index < -0.39 is 0 Å². The molecule has 0 radical (unpaired) electrons. The predicted octanol–water partition coefficient (Wildman–Crippen LogP) is 2.79. The van der Waals surface area contributed by atoms with Crippen molar-refractivity contribution < 1.29 is 14.3 Å². The number of benzene rings is 1. The third-order valence-electron chi connectivity index (χ3n) is 4.23. The molecule has 4 heteroatoms. The number of carbonyl (C=O) groups excluding carboxylic acids is 1. The fraction of sp³-hybridized carbons (Fsp3) is 0.353. The fourth-order valence-electron chi connectivity index (χ4n) is 3.13. The van der Waals surface area contributed by atoms with Gasteiger partial charge in [-0.2, -0.15) is 0 Å². The molecular weight excluding hydrogens is 266 g/mol. The highest BCUT2D eigenvalue weighted by Crippen LogP contribution is 2.34. The smallest absolute Gasteiger partial charge is 0.251 e. The molecule has 1 amide bonds. The summed E-state index contributed by atoms with van der Waals surface area (Å²) >= 11 is 0. The Balaban J connectivity index is 1.47. The van der Waals surface area contributed by atoms with Gasteiger partial charge in [0.15, 0.2) is 11.5 Å². The number of rotatable bonds is 3. The molecule has 0 fully saturated rings. The van der Waals surface area contributed by atoms with Crippen molar-refractivity contribution in [3.8, 4) is 11.5 Å². The molecule has 2 heterocycles. The van der Waals surface area contributed by atoms with E-state index in [0.717, 1.165) is 48.4 Å². The van der Waals surface area contributed by atoms with Crippen LogP contribution >= 0.6 is 0 Å². The number of ether oxygens (including phenoxy) is 2. The lowest BCUT2D eigenvalue weighted by Gasteiger charge is -2.22. The molecule has 0 bridgehead atoms. The Labute approximate surface area is 123 Å². The second-order valence-electron chi connectivity index (χ2n) is 5.58. The third kappa shape index (κ3) is 2.20. The Hall–Kier alpha value is -2.23. The molecule has 1 aromatic carbocycles. The number of allylic oxidation sites excluding steroid dienone is 2. The number of amides is 1. The summed E-state index contributed by atoms with van der Waals surface area (Å²) in [7, 11) is 0. The Morgan fingerprint density at radius 1 is 1.19 bits per heavy atom. The van der Waals surface area contributed by atoms with Gasteiger partial charge in [0.2, 0.25) is 6.79 Å². The van der Waals surface area contributed by atoms with Crippen LogP contribution in [0.1, 0.15) is 24.8 Å². The molecule has 0 N–H and O–H groups in total. The molecule has 0 spiro atoms. The summed E-state index contributed by atoms with van der Waals surface area (Å²) in [5, 5.41) is 0. The van der Waals surface area contributed by atoms with Gasteiger partial charge in [0.1, 0.15) is 0 Å². The number of hydrogen-bond acceptors (Lipinski definition) is 3. The Kier molecular flexibility index (Phi) is 2.95. The van der Waals surface area contributed by atoms with E-state index in [0.29, 0.717) is 13.3 Å². The lowest BCUT2D eigenvalue weighted by Crippen LogP contribution is -2.27. The van der Waals surface area contributed by atoms with E-state index in [-0.39, 0.29) is 5.91 Å². The topological polar surface area (TPSA) is 38.8 Å². The van der Waals surface area contributed by atoms with E-state index in [2.05, 4.69) is 6.08 Å². The van der Waals surface area contributed by atoms with Crippen LogP contribution in [0.25, 0.3) is 0 Å². The highest BCUT2D eigenvalue weighted by Gasteiger charge is 2.28. The van der Waals surface area contributed by atoms with Crippen LogP contribution in [0.3, 0.4) is 0 Å². The van der Waals surface area contributed by atoms with Gasteiger partial charge in [-0.1, -0.05) is 12.1 Å². The fourth-order valence-corrected chi connectivity index (χ4v) is 3.13. The Morgan fingerprint density at radius 2 is 2.10 bits per heavy atom. The van der Waals surface area contributed by atoms with Gasteiger partial charge in [-0.05, 0) is 49.0 Å². The van der Waals surface area contributed by atoms with Crippen LogP contribution in [-0.2, 0) is 11.2 Å². The maximum atomic E-state index is 12.1. The molecule has 108 valence electrons. The first-order chi connectivity index (χ1) is 10.3. The standard InChI is InChI=1S/C17H17NO3/c19-17-10-13-3-1-2-4-14(13)18(17)8-7-12-5-6-15-16(9-12)21-11-20-15/h4-6,9-10H,1-3,7-8,11H2. The molecule has 0 saturated carbocycles. The summed E-state index contributed by atoms with van der Waals surface area (Å²) < 4.78 is 10.7. The Morgan fingerprint density at radius 3 is 3.05 bits per heavy atom. The van der Waals surface area contributed by atoms with E-state index in [9.17, 15) is 4.79 Å². The molecule has 2 aliphatic heterocycles. The van der Waals surface area contributed by atoms with Crippen molar-refractivity contribution in [3.05, 3.63) is 47.2 Å². The number of hydrogen-bond donors (Lipinski definition) is 0. The van der Waals surface area contributed by atoms with Gasteiger partial charge in [0.05, 0.1) is 0 Å². The van der Waals surface area contributed by atoms with E-state index in [1.807, 2.05) is 23.1 Å². The molecular formula is C17H17NO3. The zero-order valence-electron chi connectivity index (χ0n) is 11.8. The van der Waals surface area contributed by atoms with Crippen molar-refractivity contribution in [3.63, 3.8) is 0 Å². The quantitative estimate of drug-likeness (QED) is 0.856. The highest BCUT2D eigenvalue weighted by atomic mass is 16.7. The minimum atomic E-state index is 0.124. The number of nitrogens with zero attached hydrogens (tertiary/aromatic N) is 1. The molecule has 0 unspecified atom stereocenters. The van der Waals surface area contributed by atoms with Crippen LogP contribution < -0.4 is 9.47 Å². The molecule has 4 nitrogen and oxygen atoms in total. The summed E-state index contributed by atoms with van der Waals surface area (Å²) in [4.78, 5) is 14.0. The summed E-state index contributed by atoms with van der Waals surface area (Å²) in [6, 6.07) is 5.98. The van der Waals surface area contributed by atoms with Gasteiger partial charge in [0.25, 0.3) is 5.91 Å². The van der Waals surface area contributed by atoms with Crippen LogP contribution in [0.4, 0.5) is 0 Å². The Bertz CT molecular complexity index is 660. The van der Waals surface area contributed by atoms with Crippen LogP contribution in [0, 0.1) is 0 Å². The molecule has 3 aliphatic rings. The van der Waals surface area contributed by atoms with Crippen LogP contribution in [0.2, 0.25) is 0 Å². The third-order valence-corrected chi connectivity index (χ3v) is 4.23. The molecule has 1 aromatic rings. The summed E-state index contributed by atoms with van der Waals surface area (Å²) in [5.74, 6) is 1.73. The van der Waals surface area contributed by atoms with Gasteiger partial charge in [0, 0.05) is 18.3 Å². The average molecular weight is 283 g/mol. The summed E-state index contributed by atoms with van der Waals surface area (Å²) in [6.45, 7) is 1.01. The van der Waals surface area contributed by atoms with Crippen LogP contribution in [0.15, 0.2) is 41.6 Å².